The molecular formula is C13H24N4O5S. The fraction of sp³-hybridized carbons (Fsp3) is 0.769. The van der Waals surface area contributed by atoms with Gasteiger partial charge >= 0.3 is 0 Å². The predicted octanol–water partition coefficient (Wildman–Crippen LogP) is -1.39. The van der Waals surface area contributed by atoms with E-state index in [1.54, 1.807) is 4.90 Å². The summed E-state index contributed by atoms with van der Waals surface area (Å²) in [7, 11) is 0.756. The molecule has 1 spiro atoms. The molecule has 2 rings (SSSR count). The first kappa shape index (κ1) is 19.4. The molecule has 0 aromatic heterocycles. The number of sulfone groups is 1. The first-order valence-electron chi connectivity index (χ1n) is 7.20. The molecule has 0 unspecified atom stereocenters. The third kappa shape index (κ3) is 5.47. The van der Waals surface area contributed by atoms with E-state index >= 15 is 0 Å². The fourth-order valence-electron chi connectivity index (χ4n) is 2.49. The maximum atomic E-state index is 12.1. The van der Waals surface area contributed by atoms with Crippen molar-refractivity contribution >= 4 is 28.2 Å². The smallest absolute Gasteiger partial charge is 0.290 e. The Kier molecular flexibility index (Phi) is 6.51. The standard InChI is InChI=1S/C12H22N4O3S.CH2O2/c1-15(2)11-13-10(17)12(14-11)4-6-16(7-5-12)8-9-20(3,18)19;2-1-3/h4-9H2,1-3H3,(H,13,14,17);1H,(H,2,3). The van der Waals surface area contributed by atoms with Crippen LogP contribution in [0.25, 0.3) is 0 Å². The molecule has 2 aliphatic rings. The monoisotopic (exact) mass is 348 g/mol. The highest BCUT2D eigenvalue weighted by molar-refractivity contribution is 7.90. The van der Waals surface area contributed by atoms with Gasteiger partial charge < -0.3 is 14.9 Å². The molecule has 0 saturated carbocycles. The summed E-state index contributed by atoms with van der Waals surface area (Å²) >= 11 is 0. The third-order valence-corrected chi connectivity index (χ3v) is 4.78. The number of nitrogens with one attached hydrogen (secondary N) is 1. The topological polar surface area (TPSA) is 119 Å². The summed E-state index contributed by atoms with van der Waals surface area (Å²) < 4.78 is 22.4. The highest BCUT2D eigenvalue weighted by Crippen LogP contribution is 2.30. The minimum Gasteiger partial charge on any atom is -0.483 e. The van der Waals surface area contributed by atoms with Crippen LogP contribution in [0.3, 0.4) is 0 Å². The van der Waals surface area contributed by atoms with E-state index in [-0.39, 0.29) is 18.1 Å². The predicted molar refractivity (Wildman–Crippen MR) is 86.1 cm³/mol. The van der Waals surface area contributed by atoms with Crippen molar-refractivity contribution in [2.24, 2.45) is 4.99 Å². The van der Waals surface area contributed by atoms with Gasteiger partial charge in [-0.25, -0.2) is 13.4 Å². The van der Waals surface area contributed by atoms with E-state index in [2.05, 4.69) is 15.2 Å². The Morgan fingerprint density at radius 2 is 1.91 bits per heavy atom. The Morgan fingerprint density at radius 3 is 2.30 bits per heavy atom. The summed E-state index contributed by atoms with van der Waals surface area (Å²) in [6, 6.07) is 0. The number of amides is 1. The average Bonchev–Trinajstić information content (AvgIpc) is 2.76. The molecule has 0 radical (unpaired) electrons. The molecule has 0 atom stereocenters. The average molecular weight is 348 g/mol. The van der Waals surface area contributed by atoms with Crippen LogP contribution in [0.15, 0.2) is 4.99 Å². The zero-order chi connectivity index (χ0) is 17.7. The Labute approximate surface area is 136 Å². The number of carbonyl (C=O) groups is 2. The maximum Gasteiger partial charge on any atom is 0.290 e. The van der Waals surface area contributed by atoms with E-state index in [0.29, 0.717) is 38.4 Å². The second-order valence-electron chi connectivity index (χ2n) is 5.89. The molecule has 10 heteroatoms. The molecule has 0 aromatic rings. The largest absolute Gasteiger partial charge is 0.483 e. The number of nitrogens with zero attached hydrogens (tertiary/aromatic N) is 3. The molecule has 23 heavy (non-hydrogen) atoms. The van der Waals surface area contributed by atoms with Crippen molar-refractivity contribution in [1.29, 1.82) is 0 Å². The normalized spacial score (nSPS) is 20.3. The molecule has 0 bridgehead atoms. The zero-order valence-electron chi connectivity index (χ0n) is 13.7. The summed E-state index contributed by atoms with van der Waals surface area (Å²) in [4.78, 5) is 28.9. The summed E-state index contributed by atoms with van der Waals surface area (Å²) in [5.41, 5.74) is -0.652. The van der Waals surface area contributed by atoms with Crippen LogP contribution in [0.5, 0.6) is 0 Å². The van der Waals surface area contributed by atoms with E-state index in [1.807, 2.05) is 14.1 Å². The number of hydrogen-bond acceptors (Lipinski definition) is 7. The molecule has 1 saturated heterocycles. The molecule has 2 aliphatic heterocycles. The summed E-state index contributed by atoms with van der Waals surface area (Å²) in [6.07, 6.45) is 2.52. The van der Waals surface area contributed by atoms with Crippen LogP contribution >= 0.6 is 0 Å². The molecule has 0 aliphatic carbocycles. The molecule has 2 heterocycles. The molecule has 2 N–H and O–H groups in total. The van der Waals surface area contributed by atoms with Crippen molar-refractivity contribution in [1.82, 2.24) is 15.1 Å². The lowest BCUT2D eigenvalue weighted by molar-refractivity contribution is -0.125. The highest BCUT2D eigenvalue weighted by Gasteiger charge is 2.46. The van der Waals surface area contributed by atoms with Crippen molar-refractivity contribution in [3.05, 3.63) is 0 Å². The van der Waals surface area contributed by atoms with Crippen LogP contribution in [-0.4, -0.2) is 92.9 Å². The van der Waals surface area contributed by atoms with Gasteiger partial charge in [0.25, 0.3) is 12.4 Å². The number of likely N-dealkylation sites (tertiary alicyclic amines) is 1. The van der Waals surface area contributed by atoms with Gasteiger partial charge in [0.15, 0.2) is 0 Å². The lowest BCUT2D eigenvalue weighted by Gasteiger charge is -2.35. The van der Waals surface area contributed by atoms with Crippen LogP contribution in [0, 0.1) is 0 Å². The first-order chi connectivity index (χ1) is 10.6. The van der Waals surface area contributed by atoms with E-state index < -0.39 is 15.4 Å². The fourth-order valence-corrected chi connectivity index (χ4v) is 3.08. The number of rotatable bonds is 3. The number of carbonyl (C=O) groups excluding carboxylic acids is 1. The van der Waals surface area contributed by atoms with Crippen LogP contribution in [0.4, 0.5) is 0 Å². The van der Waals surface area contributed by atoms with Gasteiger partial charge in [-0.2, -0.15) is 0 Å². The van der Waals surface area contributed by atoms with Gasteiger partial charge in [0, 0.05) is 40.0 Å². The van der Waals surface area contributed by atoms with Gasteiger partial charge in [0.05, 0.1) is 5.75 Å². The second kappa shape index (κ2) is 7.73. The van der Waals surface area contributed by atoms with E-state index in [1.165, 1.54) is 6.26 Å². The number of hydrogen-bond donors (Lipinski definition) is 2. The quantitative estimate of drug-likeness (QED) is 0.603. The second-order valence-corrected chi connectivity index (χ2v) is 8.15. The number of piperidine rings is 1. The Balaban J connectivity index is 0.000000816. The van der Waals surface area contributed by atoms with Crippen molar-refractivity contribution in [3.8, 4) is 0 Å². The minimum atomic E-state index is -2.94. The van der Waals surface area contributed by atoms with Crippen LogP contribution in [0.1, 0.15) is 12.8 Å². The zero-order valence-corrected chi connectivity index (χ0v) is 14.5. The highest BCUT2D eigenvalue weighted by atomic mass is 32.2. The minimum absolute atomic E-state index is 0.0380. The lowest BCUT2D eigenvalue weighted by Crippen LogP contribution is -2.50. The van der Waals surface area contributed by atoms with Crippen LogP contribution in [-0.2, 0) is 19.4 Å². The Hall–Kier alpha value is -1.68. The number of guanidine groups is 1. The molecule has 9 nitrogen and oxygen atoms in total. The summed E-state index contributed by atoms with van der Waals surface area (Å²) in [5.74, 6) is 0.738. The van der Waals surface area contributed by atoms with E-state index in [4.69, 9.17) is 9.90 Å². The third-order valence-electron chi connectivity index (χ3n) is 3.85. The van der Waals surface area contributed by atoms with Gasteiger partial charge in [-0.15, -0.1) is 0 Å². The van der Waals surface area contributed by atoms with Crippen molar-refractivity contribution in [3.63, 3.8) is 0 Å². The number of carboxylic acid groups (broad SMARTS) is 1. The van der Waals surface area contributed by atoms with Crippen LogP contribution < -0.4 is 5.32 Å². The first-order valence-corrected chi connectivity index (χ1v) is 9.26. The van der Waals surface area contributed by atoms with Crippen molar-refractivity contribution in [2.45, 2.75) is 18.4 Å². The van der Waals surface area contributed by atoms with Gasteiger partial charge in [-0.05, 0) is 12.8 Å². The SMILES string of the molecule is CN(C)C1=NC2(CCN(CCS(C)(=O)=O)CC2)C(=O)N1.O=CO. The van der Waals surface area contributed by atoms with Gasteiger partial charge in [0.1, 0.15) is 15.4 Å². The molecule has 0 aromatic carbocycles. The maximum absolute atomic E-state index is 12.1. The van der Waals surface area contributed by atoms with Gasteiger partial charge in [0.2, 0.25) is 5.96 Å². The van der Waals surface area contributed by atoms with Crippen LogP contribution in [0.2, 0.25) is 0 Å². The Morgan fingerprint density at radius 1 is 1.39 bits per heavy atom. The van der Waals surface area contributed by atoms with Gasteiger partial charge in [-0.1, -0.05) is 0 Å². The molecule has 132 valence electrons. The van der Waals surface area contributed by atoms with E-state index in [9.17, 15) is 13.2 Å². The van der Waals surface area contributed by atoms with Crippen molar-refractivity contribution in [2.75, 3.05) is 45.7 Å². The summed E-state index contributed by atoms with van der Waals surface area (Å²) in [6.45, 7) is 1.68. The molecule has 1 fully saturated rings. The molecule has 1 amide bonds. The Bertz CT molecular complexity index is 565. The summed E-state index contributed by atoms with van der Waals surface area (Å²) in [5, 5.41) is 9.70. The van der Waals surface area contributed by atoms with Crippen molar-refractivity contribution < 1.29 is 23.1 Å². The van der Waals surface area contributed by atoms with Gasteiger partial charge in [-0.3, -0.25) is 14.9 Å². The lowest BCUT2D eigenvalue weighted by atomic mass is 9.88. The van der Waals surface area contributed by atoms with E-state index in [0.717, 1.165) is 0 Å². The molecular weight excluding hydrogens is 324 g/mol. The number of aliphatic imine (C=N–C) groups is 1.